The standard InChI is InChI=1S/C28H24F3N3O4S/c1-2-38-26(37)19-8-12-21(13-9-19)32-25(36)23-16-24(35)34(17-18-6-4-3-5-7-18)27(39-23)33-22-14-10-20(11-15-22)28(29,30)31/h3-15,23H,2,16-17H2,1H3,(H,32,36)/t23-/m0/s1. The Morgan fingerprint density at radius 1 is 1.03 bits per heavy atom. The van der Waals surface area contributed by atoms with Crippen molar-refractivity contribution in [2.75, 3.05) is 11.9 Å². The second-order valence-corrected chi connectivity index (χ2v) is 9.67. The summed E-state index contributed by atoms with van der Waals surface area (Å²) in [6.45, 7) is 2.13. The van der Waals surface area contributed by atoms with E-state index in [-0.39, 0.29) is 36.3 Å². The summed E-state index contributed by atoms with van der Waals surface area (Å²) in [6.07, 6.45) is -4.59. The van der Waals surface area contributed by atoms with Crippen LogP contribution in [-0.4, -0.2) is 39.7 Å². The molecule has 1 aliphatic rings. The molecule has 0 aliphatic carbocycles. The van der Waals surface area contributed by atoms with Crippen LogP contribution in [0.3, 0.4) is 0 Å². The number of ether oxygens (including phenoxy) is 1. The van der Waals surface area contributed by atoms with Gasteiger partial charge in [0.1, 0.15) is 5.25 Å². The molecule has 2 amide bonds. The molecule has 4 rings (SSSR count). The maximum absolute atomic E-state index is 13.2. The highest BCUT2D eigenvalue weighted by molar-refractivity contribution is 8.15. The van der Waals surface area contributed by atoms with Crippen LogP contribution in [0.2, 0.25) is 0 Å². The maximum Gasteiger partial charge on any atom is 0.416 e. The van der Waals surface area contributed by atoms with Gasteiger partial charge in [-0.05, 0) is 61.0 Å². The van der Waals surface area contributed by atoms with Crippen molar-refractivity contribution in [3.63, 3.8) is 0 Å². The molecule has 39 heavy (non-hydrogen) atoms. The van der Waals surface area contributed by atoms with E-state index in [1.807, 2.05) is 30.3 Å². The zero-order valence-corrected chi connectivity index (χ0v) is 21.6. The van der Waals surface area contributed by atoms with Crippen molar-refractivity contribution in [1.82, 2.24) is 4.90 Å². The molecule has 1 atom stereocenters. The van der Waals surface area contributed by atoms with E-state index in [1.54, 1.807) is 19.1 Å². The topological polar surface area (TPSA) is 88.1 Å². The fourth-order valence-electron chi connectivity index (χ4n) is 3.72. The number of nitrogens with one attached hydrogen (secondary N) is 1. The molecule has 1 fully saturated rings. The SMILES string of the molecule is CCOC(=O)c1ccc(NC(=O)[C@@H]2CC(=O)N(Cc3ccccc3)C(=Nc3ccc(C(F)(F)F)cc3)S2)cc1. The van der Waals surface area contributed by atoms with Gasteiger partial charge in [-0.1, -0.05) is 42.1 Å². The summed E-state index contributed by atoms with van der Waals surface area (Å²) in [7, 11) is 0. The number of carbonyl (C=O) groups is 3. The highest BCUT2D eigenvalue weighted by Gasteiger charge is 2.36. The number of benzene rings is 3. The van der Waals surface area contributed by atoms with Crippen LogP contribution in [0.15, 0.2) is 83.9 Å². The molecular formula is C28H24F3N3O4S. The molecule has 0 saturated carbocycles. The quantitative estimate of drug-likeness (QED) is 0.359. The Hall–Kier alpha value is -4.12. The van der Waals surface area contributed by atoms with Crippen LogP contribution in [0.25, 0.3) is 0 Å². The van der Waals surface area contributed by atoms with Crippen LogP contribution < -0.4 is 5.32 Å². The molecule has 1 aliphatic heterocycles. The highest BCUT2D eigenvalue weighted by atomic mass is 32.2. The van der Waals surface area contributed by atoms with Gasteiger partial charge in [-0.2, -0.15) is 13.2 Å². The van der Waals surface area contributed by atoms with Gasteiger partial charge in [0.15, 0.2) is 5.17 Å². The predicted octanol–water partition coefficient (Wildman–Crippen LogP) is 6.04. The molecule has 1 saturated heterocycles. The van der Waals surface area contributed by atoms with Crippen molar-refractivity contribution in [3.8, 4) is 0 Å². The van der Waals surface area contributed by atoms with Crippen molar-refractivity contribution < 1.29 is 32.3 Å². The molecular weight excluding hydrogens is 531 g/mol. The van der Waals surface area contributed by atoms with Gasteiger partial charge in [0.25, 0.3) is 0 Å². The average Bonchev–Trinajstić information content (AvgIpc) is 2.91. The van der Waals surface area contributed by atoms with Gasteiger partial charge in [0, 0.05) is 12.1 Å². The van der Waals surface area contributed by atoms with Gasteiger partial charge >= 0.3 is 12.1 Å². The molecule has 0 aromatic heterocycles. The van der Waals surface area contributed by atoms with Crippen LogP contribution in [-0.2, 0) is 27.0 Å². The van der Waals surface area contributed by atoms with E-state index >= 15 is 0 Å². The molecule has 202 valence electrons. The molecule has 0 unspecified atom stereocenters. The Bertz CT molecular complexity index is 1360. The minimum absolute atomic E-state index is 0.101. The first-order valence-electron chi connectivity index (χ1n) is 12.0. The molecule has 3 aromatic carbocycles. The number of hydrogen-bond donors (Lipinski definition) is 1. The third-order valence-corrected chi connectivity index (χ3v) is 6.89. The van der Waals surface area contributed by atoms with Gasteiger partial charge in [-0.25, -0.2) is 9.79 Å². The Morgan fingerprint density at radius 2 is 1.69 bits per heavy atom. The number of esters is 1. The number of alkyl halides is 3. The van der Waals surface area contributed by atoms with E-state index in [1.165, 1.54) is 29.2 Å². The summed E-state index contributed by atoms with van der Waals surface area (Å²) in [5, 5.41) is 2.11. The van der Waals surface area contributed by atoms with Crippen molar-refractivity contribution in [2.24, 2.45) is 4.99 Å². The number of amidine groups is 1. The van der Waals surface area contributed by atoms with Gasteiger partial charge < -0.3 is 10.1 Å². The molecule has 11 heteroatoms. The first-order chi connectivity index (χ1) is 18.6. The van der Waals surface area contributed by atoms with Gasteiger partial charge in [-0.15, -0.1) is 0 Å². The second-order valence-electron chi connectivity index (χ2n) is 8.50. The Morgan fingerprint density at radius 3 is 2.31 bits per heavy atom. The Kier molecular flexibility index (Phi) is 8.70. The third kappa shape index (κ3) is 7.26. The number of carbonyl (C=O) groups excluding carboxylic acids is 3. The van der Waals surface area contributed by atoms with Crippen molar-refractivity contribution in [3.05, 3.63) is 95.6 Å². The number of aliphatic imine (C=N–C) groups is 1. The van der Waals surface area contributed by atoms with E-state index in [0.29, 0.717) is 11.3 Å². The fraction of sp³-hybridized carbons (Fsp3) is 0.214. The second kappa shape index (κ2) is 12.2. The normalized spacial score (nSPS) is 16.7. The minimum Gasteiger partial charge on any atom is -0.462 e. The van der Waals surface area contributed by atoms with Gasteiger partial charge in [0.2, 0.25) is 11.8 Å². The summed E-state index contributed by atoms with van der Waals surface area (Å²) in [6, 6.07) is 19.6. The third-order valence-electron chi connectivity index (χ3n) is 5.70. The lowest BCUT2D eigenvalue weighted by atomic mass is 10.2. The number of anilines is 1. The van der Waals surface area contributed by atoms with Crippen LogP contribution in [0, 0.1) is 0 Å². The highest BCUT2D eigenvalue weighted by Crippen LogP contribution is 2.33. The summed E-state index contributed by atoms with van der Waals surface area (Å²) in [5.41, 5.74) is 0.989. The smallest absolute Gasteiger partial charge is 0.416 e. The van der Waals surface area contributed by atoms with E-state index in [2.05, 4.69) is 10.3 Å². The number of rotatable bonds is 7. The average molecular weight is 556 g/mol. The molecule has 0 spiro atoms. The number of amides is 2. The van der Waals surface area contributed by atoms with Crippen LogP contribution in [0.5, 0.6) is 0 Å². The first-order valence-corrected chi connectivity index (χ1v) is 12.9. The van der Waals surface area contributed by atoms with Crippen LogP contribution in [0.4, 0.5) is 24.5 Å². The lowest BCUT2D eigenvalue weighted by molar-refractivity contribution is -0.137. The summed E-state index contributed by atoms with van der Waals surface area (Å²) < 4.78 is 43.9. The lowest BCUT2D eigenvalue weighted by Gasteiger charge is -2.32. The van der Waals surface area contributed by atoms with Crippen LogP contribution in [0.1, 0.15) is 34.8 Å². The minimum atomic E-state index is -4.49. The Balaban J connectivity index is 1.55. The molecule has 0 bridgehead atoms. The van der Waals surface area contributed by atoms with E-state index < -0.39 is 28.9 Å². The van der Waals surface area contributed by atoms with Crippen molar-refractivity contribution >= 4 is 46.1 Å². The molecule has 1 N–H and O–H groups in total. The molecule has 3 aromatic rings. The van der Waals surface area contributed by atoms with E-state index in [4.69, 9.17) is 4.74 Å². The monoisotopic (exact) mass is 555 g/mol. The van der Waals surface area contributed by atoms with Crippen molar-refractivity contribution in [2.45, 2.75) is 31.3 Å². The molecule has 0 radical (unpaired) electrons. The lowest BCUT2D eigenvalue weighted by Crippen LogP contribution is -2.44. The summed E-state index contributed by atoms with van der Waals surface area (Å²) in [5.74, 6) is -1.27. The molecule has 7 nitrogen and oxygen atoms in total. The van der Waals surface area contributed by atoms with E-state index in [9.17, 15) is 27.6 Å². The Labute approximate surface area is 227 Å². The van der Waals surface area contributed by atoms with Crippen molar-refractivity contribution in [1.29, 1.82) is 0 Å². The first kappa shape index (κ1) is 27.9. The van der Waals surface area contributed by atoms with Gasteiger partial charge in [-0.3, -0.25) is 14.5 Å². The molecule has 1 heterocycles. The largest absolute Gasteiger partial charge is 0.462 e. The summed E-state index contributed by atoms with van der Waals surface area (Å²) in [4.78, 5) is 44.0. The van der Waals surface area contributed by atoms with Gasteiger partial charge in [0.05, 0.1) is 30.0 Å². The number of hydrogen-bond acceptors (Lipinski definition) is 6. The number of halogens is 3. The zero-order chi connectivity index (χ0) is 28.0. The fourth-order valence-corrected chi connectivity index (χ4v) is 4.82. The number of nitrogens with zero attached hydrogens (tertiary/aromatic N) is 2. The number of thioether (sulfide) groups is 1. The maximum atomic E-state index is 13.2. The van der Waals surface area contributed by atoms with Crippen LogP contribution >= 0.6 is 11.8 Å². The zero-order valence-electron chi connectivity index (χ0n) is 20.8. The predicted molar refractivity (Wildman–Crippen MR) is 143 cm³/mol. The summed E-state index contributed by atoms with van der Waals surface area (Å²) >= 11 is 1.06. The van der Waals surface area contributed by atoms with E-state index in [0.717, 1.165) is 29.5 Å².